The number of hydrogen-bond donors (Lipinski definition) is 2. The fourth-order valence-corrected chi connectivity index (χ4v) is 4.30. The number of aromatic nitrogens is 1. The molecule has 0 saturated carbocycles. The van der Waals surface area contributed by atoms with Gasteiger partial charge in [-0.3, -0.25) is 10.1 Å². The van der Waals surface area contributed by atoms with Gasteiger partial charge in [-0.05, 0) is 60.6 Å². The molecular weight excluding hydrogens is 434 g/mol. The van der Waals surface area contributed by atoms with Crippen LogP contribution in [-0.4, -0.2) is 16.0 Å². The molecule has 1 heterocycles. The van der Waals surface area contributed by atoms with Gasteiger partial charge in [0.1, 0.15) is 5.01 Å². The van der Waals surface area contributed by atoms with E-state index in [0.717, 1.165) is 27.2 Å². The van der Waals surface area contributed by atoms with E-state index in [1.165, 1.54) is 5.56 Å². The highest BCUT2D eigenvalue weighted by Gasteiger charge is 2.12. The first-order chi connectivity index (χ1) is 14.5. The topological polar surface area (TPSA) is 54.0 Å². The van der Waals surface area contributed by atoms with Gasteiger partial charge in [-0.15, -0.1) is 11.3 Å². The van der Waals surface area contributed by atoms with Crippen LogP contribution in [0.5, 0.6) is 0 Å². The number of anilines is 1. The van der Waals surface area contributed by atoms with E-state index in [1.54, 1.807) is 29.5 Å². The van der Waals surface area contributed by atoms with Gasteiger partial charge < -0.3 is 5.32 Å². The lowest BCUT2D eigenvalue weighted by Crippen LogP contribution is -2.34. The number of halogens is 1. The molecule has 2 N–H and O–H groups in total. The van der Waals surface area contributed by atoms with Crippen molar-refractivity contribution in [3.8, 4) is 10.6 Å². The minimum absolute atomic E-state index is 0.183. The second kappa shape index (κ2) is 8.92. The van der Waals surface area contributed by atoms with Crippen LogP contribution in [-0.2, 0) is 6.42 Å². The van der Waals surface area contributed by atoms with Crippen LogP contribution in [0, 0.1) is 0 Å². The number of nitrogens with one attached hydrogen (secondary N) is 2. The van der Waals surface area contributed by atoms with Gasteiger partial charge in [0.05, 0.1) is 20.9 Å². The number of carbonyl (C=O) groups is 1. The standard InChI is InChI=1S/C23H18ClN3OS2/c1-2-14-7-9-15(10-8-14)21(28)27-23(29)26-19-13-16(11-12-17(19)24)22-25-18-5-3-4-6-20(18)30-22/h3-13H,2H2,1H3,(H2,26,27,28,29). The molecule has 0 unspecified atom stereocenters. The molecule has 3 aromatic carbocycles. The number of fused-ring (bicyclic) bond motifs is 1. The number of hydrogen-bond acceptors (Lipinski definition) is 4. The summed E-state index contributed by atoms with van der Waals surface area (Å²) in [5.74, 6) is -0.270. The molecule has 30 heavy (non-hydrogen) atoms. The van der Waals surface area contributed by atoms with Crippen molar-refractivity contribution in [2.75, 3.05) is 5.32 Å². The number of aryl methyl sites for hydroxylation is 1. The third-order valence-corrected chi connectivity index (χ3v) is 6.23. The molecule has 4 rings (SSSR count). The Morgan fingerprint density at radius 1 is 1.10 bits per heavy atom. The molecule has 0 fully saturated rings. The maximum absolute atomic E-state index is 12.4. The van der Waals surface area contributed by atoms with Crippen molar-refractivity contribution in [3.05, 3.63) is 82.9 Å². The molecule has 0 aliphatic carbocycles. The van der Waals surface area contributed by atoms with Crippen molar-refractivity contribution in [1.82, 2.24) is 10.3 Å². The summed E-state index contributed by atoms with van der Waals surface area (Å²) < 4.78 is 1.12. The lowest BCUT2D eigenvalue weighted by atomic mass is 10.1. The highest BCUT2D eigenvalue weighted by Crippen LogP contribution is 2.33. The molecule has 0 aliphatic rings. The van der Waals surface area contributed by atoms with Gasteiger partial charge in [-0.25, -0.2) is 4.98 Å². The summed E-state index contributed by atoms with van der Waals surface area (Å²) in [7, 11) is 0. The number of para-hydroxylation sites is 1. The minimum atomic E-state index is -0.270. The summed E-state index contributed by atoms with van der Waals surface area (Å²) in [5, 5.41) is 7.30. The third kappa shape index (κ3) is 4.51. The number of amides is 1. The highest BCUT2D eigenvalue weighted by molar-refractivity contribution is 7.80. The summed E-state index contributed by atoms with van der Waals surface area (Å²) in [4.78, 5) is 17.1. The van der Waals surface area contributed by atoms with Crippen molar-refractivity contribution in [3.63, 3.8) is 0 Å². The predicted molar refractivity (Wildman–Crippen MR) is 130 cm³/mol. The first-order valence-corrected chi connectivity index (χ1v) is 11.0. The number of thiocarbonyl (C=S) groups is 1. The number of carbonyl (C=O) groups excluding carboxylic acids is 1. The Hall–Kier alpha value is -2.80. The van der Waals surface area contributed by atoms with Gasteiger partial charge in [0.25, 0.3) is 5.91 Å². The monoisotopic (exact) mass is 451 g/mol. The Bertz CT molecular complexity index is 1200. The summed E-state index contributed by atoms with van der Waals surface area (Å²) in [6.45, 7) is 2.07. The van der Waals surface area contributed by atoms with Crippen LogP contribution in [0.15, 0.2) is 66.7 Å². The fourth-order valence-electron chi connectivity index (χ4n) is 2.97. The first kappa shape index (κ1) is 20.5. The lowest BCUT2D eigenvalue weighted by molar-refractivity contribution is 0.0977. The van der Waals surface area contributed by atoms with Crippen LogP contribution in [0.25, 0.3) is 20.8 Å². The predicted octanol–water partition coefficient (Wildman–Crippen LogP) is 6.31. The van der Waals surface area contributed by atoms with Crippen LogP contribution in [0.1, 0.15) is 22.8 Å². The number of thiazole rings is 1. The normalized spacial score (nSPS) is 10.7. The Morgan fingerprint density at radius 2 is 1.87 bits per heavy atom. The maximum atomic E-state index is 12.4. The molecule has 0 saturated heterocycles. The third-order valence-electron chi connectivity index (χ3n) is 4.61. The molecule has 0 spiro atoms. The van der Waals surface area contributed by atoms with E-state index in [9.17, 15) is 4.79 Å². The SMILES string of the molecule is CCc1ccc(C(=O)NC(=S)Nc2cc(-c3nc4ccccc4s3)ccc2Cl)cc1. The number of rotatable bonds is 4. The molecule has 0 bridgehead atoms. The molecule has 150 valence electrons. The Morgan fingerprint density at radius 3 is 2.60 bits per heavy atom. The van der Waals surface area contributed by atoms with Crippen molar-refractivity contribution in [1.29, 1.82) is 0 Å². The van der Waals surface area contributed by atoms with Crippen LogP contribution < -0.4 is 10.6 Å². The molecular formula is C23H18ClN3OS2. The van der Waals surface area contributed by atoms with Crippen molar-refractivity contribution < 1.29 is 4.79 Å². The zero-order valence-corrected chi connectivity index (χ0v) is 18.5. The van der Waals surface area contributed by atoms with Gasteiger partial charge in [0.15, 0.2) is 5.11 Å². The van der Waals surface area contributed by atoms with E-state index >= 15 is 0 Å². The smallest absolute Gasteiger partial charge is 0.257 e. The molecule has 1 aromatic heterocycles. The van der Waals surface area contributed by atoms with Crippen molar-refractivity contribution in [2.45, 2.75) is 13.3 Å². The van der Waals surface area contributed by atoms with Gasteiger partial charge in [-0.2, -0.15) is 0 Å². The zero-order valence-electron chi connectivity index (χ0n) is 16.1. The van der Waals surface area contributed by atoms with E-state index in [2.05, 4.69) is 22.5 Å². The Kier molecular flexibility index (Phi) is 6.08. The molecule has 7 heteroatoms. The summed E-state index contributed by atoms with van der Waals surface area (Å²) in [6, 6.07) is 21.0. The van der Waals surface area contributed by atoms with Crippen LogP contribution in [0.4, 0.5) is 5.69 Å². The van der Waals surface area contributed by atoms with E-state index in [0.29, 0.717) is 16.3 Å². The molecule has 0 radical (unpaired) electrons. The van der Waals surface area contributed by atoms with Crippen LogP contribution in [0.2, 0.25) is 5.02 Å². The average molecular weight is 452 g/mol. The van der Waals surface area contributed by atoms with E-state index in [1.807, 2.05) is 48.5 Å². The van der Waals surface area contributed by atoms with Crippen LogP contribution >= 0.6 is 35.2 Å². The minimum Gasteiger partial charge on any atom is -0.331 e. The first-order valence-electron chi connectivity index (χ1n) is 9.40. The van der Waals surface area contributed by atoms with Crippen LogP contribution in [0.3, 0.4) is 0 Å². The second-order valence-corrected chi connectivity index (χ2v) is 8.49. The fraction of sp³-hybridized carbons (Fsp3) is 0.0870. The highest BCUT2D eigenvalue weighted by atomic mass is 35.5. The van der Waals surface area contributed by atoms with Crippen molar-refractivity contribution >= 4 is 62.1 Å². The molecule has 4 nitrogen and oxygen atoms in total. The largest absolute Gasteiger partial charge is 0.331 e. The van der Waals surface area contributed by atoms with E-state index in [-0.39, 0.29) is 11.0 Å². The van der Waals surface area contributed by atoms with E-state index in [4.69, 9.17) is 23.8 Å². The van der Waals surface area contributed by atoms with Gasteiger partial charge in [0, 0.05) is 11.1 Å². The molecule has 4 aromatic rings. The quantitative estimate of drug-likeness (QED) is 0.357. The lowest BCUT2D eigenvalue weighted by Gasteiger charge is -2.12. The molecule has 0 aliphatic heterocycles. The maximum Gasteiger partial charge on any atom is 0.257 e. The van der Waals surface area contributed by atoms with Gasteiger partial charge >= 0.3 is 0 Å². The number of nitrogens with zero attached hydrogens (tertiary/aromatic N) is 1. The Balaban J connectivity index is 1.50. The van der Waals surface area contributed by atoms with Crippen molar-refractivity contribution in [2.24, 2.45) is 0 Å². The van der Waals surface area contributed by atoms with Gasteiger partial charge in [-0.1, -0.05) is 48.9 Å². The number of benzene rings is 3. The summed E-state index contributed by atoms with van der Waals surface area (Å²) >= 11 is 13.3. The van der Waals surface area contributed by atoms with E-state index < -0.39 is 0 Å². The average Bonchev–Trinajstić information content (AvgIpc) is 3.19. The molecule has 0 atom stereocenters. The van der Waals surface area contributed by atoms with Gasteiger partial charge in [0.2, 0.25) is 0 Å². The summed E-state index contributed by atoms with van der Waals surface area (Å²) in [6.07, 6.45) is 0.922. The molecule has 1 amide bonds. The Labute approximate surface area is 188 Å². The summed E-state index contributed by atoms with van der Waals surface area (Å²) in [5.41, 5.74) is 4.21. The zero-order chi connectivity index (χ0) is 21.1. The second-order valence-electron chi connectivity index (χ2n) is 6.64.